The molecule has 0 saturated carbocycles. The molecule has 1 aliphatic heterocycles. The van der Waals surface area contributed by atoms with Gasteiger partial charge in [-0.2, -0.15) is 5.10 Å². The van der Waals surface area contributed by atoms with Crippen molar-refractivity contribution >= 4 is 11.6 Å². The Morgan fingerprint density at radius 1 is 1.38 bits per heavy atom. The van der Waals surface area contributed by atoms with E-state index in [1.165, 1.54) is 10.9 Å². The summed E-state index contributed by atoms with van der Waals surface area (Å²) in [6.45, 7) is 3.79. The molecule has 1 aliphatic rings. The highest BCUT2D eigenvalue weighted by Crippen LogP contribution is 2.21. The summed E-state index contributed by atoms with van der Waals surface area (Å²) in [5, 5.41) is 6.92. The maximum atomic E-state index is 12.1. The number of nitrogens with one attached hydrogen (secondary N) is 2. The van der Waals surface area contributed by atoms with E-state index in [1.807, 2.05) is 0 Å². The van der Waals surface area contributed by atoms with Crippen LogP contribution in [0, 0.1) is 12.8 Å². The number of hydrogen-bond donors (Lipinski definition) is 2. The number of aromatic nitrogens is 4. The molecule has 1 amide bonds. The third-order valence-electron chi connectivity index (χ3n) is 4.54. The normalized spacial score (nSPS) is 16.7. The first-order valence-electron chi connectivity index (χ1n) is 8.52. The fraction of sp³-hybridized carbons (Fsp3) is 0.471. The van der Waals surface area contributed by atoms with E-state index >= 15 is 0 Å². The molecule has 9 heteroatoms. The van der Waals surface area contributed by atoms with Gasteiger partial charge >= 0.3 is 0 Å². The van der Waals surface area contributed by atoms with Gasteiger partial charge < -0.3 is 15.2 Å². The lowest BCUT2D eigenvalue weighted by Crippen LogP contribution is -2.33. The Kier molecular flexibility index (Phi) is 5.15. The second kappa shape index (κ2) is 7.51. The summed E-state index contributed by atoms with van der Waals surface area (Å²) in [6.07, 6.45) is 4.05. The lowest BCUT2D eigenvalue weighted by molar-refractivity contribution is -0.120. The van der Waals surface area contributed by atoms with Crippen molar-refractivity contribution in [3.05, 3.63) is 50.6 Å². The molecule has 1 fully saturated rings. The molecule has 2 N–H and O–H groups in total. The predicted molar refractivity (Wildman–Crippen MR) is 96.1 cm³/mol. The molecule has 2 aromatic rings. The molecule has 3 rings (SSSR count). The van der Waals surface area contributed by atoms with E-state index in [0.29, 0.717) is 17.9 Å². The van der Waals surface area contributed by atoms with Crippen molar-refractivity contribution in [3.8, 4) is 0 Å². The van der Waals surface area contributed by atoms with Crippen molar-refractivity contribution in [1.29, 1.82) is 0 Å². The summed E-state index contributed by atoms with van der Waals surface area (Å²) in [7, 11) is 1.61. The van der Waals surface area contributed by atoms with Gasteiger partial charge in [0.15, 0.2) is 0 Å². The molecule has 0 radical (unpaired) electrons. The number of carbonyl (C=O) groups excluding carboxylic acids is 1. The van der Waals surface area contributed by atoms with Gasteiger partial charge in [0.2, 0.25) is 5.91 Å². The molecule has 2 aromatic heterocycles. The topological polar surface area (TPSA) is 113 Å². The fourth-order valence-corrected chi connectivity index (χ4v) is 3.00. The average Bonchev–Trinajstić information content (AvgIpc) is 3.07. The van der Waals surface area contributed by atoms with Gasteiger partial charge in [0.25, 0.3) is 11.1 Å². The van der Waals surface area contributed by atoms with Crippen LogP contribution in [0.4, 0.5) is 5.69 Å². The zero-order valence-corrected chi connectivity index (χ0v) is 14.9. The first-order chi connectivity index (χ1) is 12.4. The monoisotopic (exact) mass is 358 g/mol. The lowest BCUT2D eigenvalue weighted by Gasteiger charge is -2.18. The largest absolute Gasteiger partial charge is 0.370 e. The smallest absolute Gasteiger partial charge is 0.268 e. The van der Waals surface area contributed by atoms with Crippen molar-refractivity contribution in [3.63, 3.8) is 0 Å². The Labute approximate surface area is 150 Å². The zero-order chi connectivity index (χ0) is 18.7. The molecule has 1 atom stereocenters. The number of aryl methyl sites for hydroxylation is 2. The van der Waals surface area contributed by atoms with Crippen molar-refractivity contribution in [2.45, 2.75) is 19.8 Å². The minimum atomic E-state index is -0.280. The Morgan fingerprint density at radius 2 is 2.19 bits per heavy atom. The zero-order valence-electron chi connectivity index (χ0n) is 14.9. The molecule has 138 valence electrons. The number of carbonyl (C=O) groups is 1. The number of nitrogens with zero attached hydrogens (tertiary/aromatic N) is 4. The molecule has 0 unspecified atom stereocenters. The van der Waals surface area contributed by atoms with Crippen LogP contribution in [0.2, 0.25) is 0 Å². The van der Waals surface area contributed by atoms with Crippen LogP contribution in [-0.2, 0) is 18.3 Å². The molecule has 9 nitrogen and oxygen atoms in total. The predicted octanol–water partition coefficient (Wildman–Crippen LogP) is -0.643. The quantitative estimate of drug-likeness (QED) is 0.735. The van der Waals surface area contributed by atoms with Crippen molar-refractivity contribution < 1.29 is 4.79 Å². The highest BCUT2D eigenvalue weighted by Gasteiger charge is 2.23. The maximum absolute atomic E-state index is 12.1. The van der Waals surface area contributed by atoms with Gasteiger partial charge in [-0.25, -0.2) is 9.67 Å². The first-order valence-corrected chi connectivity index (χ1v) is 8.52. The van der Waals surface area contributed by atoms with Gasteiger partial charge in [-0.3, -0.25) is 14.4 Å². The molecule has 26 heavy (non-hydrogen) atoms. The molecular formula is C17H22N6O3. The van der Waals surface area contributed by atoms with Gasteiger partial charge in [-0.15, -0.1) is 0 Å². The molecule has 0 aromatic carbocycles. The third-order valence-corrected chi connectivity index (χ3v) is 4.54. The maximum Gasteiger partial charge on any atom is 0.268 e. The van der Waals surface area contributed by atoms with Crippen LogP contribution < -0.4 is 21.3 Å². The van der Waals surface area contributed by atoms with E-state index < -0.39 is 0 Å². The Balaban J connectivity index is 1.51. The van der Waals surface area contributed by atoms with E-state index in [0.717, 1.165) is 25.2 Å². The van der Waals surface area contributed by atoms with Crippen LogP contribution in [0.15, 0.2) is 28.0 Å². The number of rotatable bonds is 5. The van der Waals surface area contributed by atoms with E-state index in [2.05, 4.69) is 25.3 Å². The average molecular weight is 358 g/mol. The van der Waals surface area contributed by atoms with Gasteiger partial charge in [0.1, 0.15) is 5.82 Å². The molecule has 0 bridgehead atoms. The van der Waals surface area contributed by atoms with Crippen molar-refractivity contribution in [2.75, 3.05) is 24.5 Å². The summed E-state index contributed by atoms with van der Waals surface area (Å²) in [4.78, 5) is 44.2. The Hall–Kier alpha value is -2.97. The van der Waals surface area contributed by atoms with Gasteiger partial charge in [-0.05, 0) is 19.3 Å². The van der Waals surface area contributed by atoms with E-state index in [1.54, 1.807) is 26.2 Å². The third kappa shape index (κ3) is 4.16. The van der Waals surface area contributed by atoms with Crippen molar-refractivity contribution in [1.82, 2.24) is 25.1 Å². The van der Waals surface area contributed by atoms with Gasteiger partial charge in [0, 0.05) is 44.5 Å². The summed E-state index contributed by atoms with van der Waals surface area (Å²) in [5.74, 6) is 0.614. The number of aromatic amines is 1. The van der Waals surface area contributed by atoms with Crippen LogP contribution in [-0.4, -0.2) is 45.3 Å². The number of H-pyrrole nitrogens is 1. The summed E-state index contributed by atoms with van der Waals surface area (Å²) < 4.78 is 1.29. The Morgan fingerprint density at radius 3 is 2.92 bits per heavy atom. The number of amides is 1. The summed E-state index contributed by atoms with van der Waals surface area (Å²) in [5.41, 5.74) is 0.737. The highest BCUT2D eigenvalue weighted by atomic mass is 16.2. The first kappa shape index (κ1) is 17.8. The SMILES string of the molecule is Cc1ncc(CC(=O)NC[C@H]2CCN(c3cnn(C)c(=O)c3)C2)c(=O)[nH]1. The summed E-state index contributed by atoms with van der Waals surface area (Å²) in [6, 6.07) is 1.57. The van der Waals surface area contributed by atoms with E-state index in [4.69, 9.17) is 0 Å². The van der Waals surface area contributed by atoms with Gasteiger partial charge in [0.05, 0.1) is 18.3 Å². The number of anilines is 1. The van der Waals surface area contributed by atoms with E-state index in [-0.39, 0.29) is 29.4 Å². The highest BCUT2D eigenvalue weighted by molar-refractivity contribution is 5.78. The number of hydrogen-bond acceptors (Lipinski definition) is 6. The van der Waals surface area contributed by atoms with Crippen LogP contribution >= 0.6 is 0 Å². The fourth-order valence-electron chi connectivity index (χ4n) is 3.00. The lowest BCUT2D eigenvalue weighted by atomic mass is 10.1. The van der Waals surface area contributed by atoms with Crippen LogP contribution in [0.3, 0.4) is 0 Å². The van der Waals surface area contributed by atoms with Crippen LogP contribution in [0.5, 0.6) is 0 Å². The molecule has 3 heterocycles. The minimum Gasteiger partial charge on any atom is -0.370 e. The second-order valence-electron chi connectivity index (χ2n) is 6.58. The van der Waals surface area contributed by atoms with Crippen molar-refractivity contribution in [2.24, 2.45) is 13.0 Å². The molecule has 1 saturated heterocycles. The summed E-state index contributed by atoms with van der Waals surface area (Å²) >= 11 is 0. The Bertz CT molecular complexity index is 919. The van der Waals surface area contributed by atoms with Crippen LogP contribution in [0.1, 0.15) is 17.8 Å². The van der Waals surface area contributed by atoms with Gasteiger partial charge in [-0.1, -0.05) is 0 Å². The minimum absolute atomic E-state index is 0.0116. The standard InChI is InChI=1S/C17H22N6O3/c1-11-18-8-13(17(26)21-11)5-15(24)19-7-12-3-4-23(10-12)14-6-16(25)22(2)20-9-14/h6,8-9,12H,3-5,7,10H2,1-2H3,(H,19,24)(H,18,21,26)/t12-/m1/s1. The van der Waals surface area contributed by atoms with E-state index in [9.17, 15) is 14.4 Å². The second-order valence-corrected chi connectivity index (χ2v) is 6.58. The molecule has 0 spiro atoms. The van der Waals surface area contributed by atoms with Crippen LogP contribution in [0.25, 0.3) is 0 Å². The molecule has 0 aliphatic carbocycles. The molecular weight excluding hydrogens is 336 g/mol.